The highest BCUT2D eigenvalue weighted by Gasteiger charge is 2.16. The second-order valence-electron chi connectivity index (χ2n) is 4.89. The number of aromatic nitrogens is 1. The van der Waals surface area contributed by atoms with Gasteiger partial charge in [0.15, 0.2) is 5.13 Å². The first-order valence-electron chi connectivity index (χ1n) is 6.86. The number of ether oxygens (including phenoxy) is 1. The van der Waals surface area contributed by atoms with Gasteiger partial charge < -0.3 is 15.4 Å². The monoisotopic (exact) mass is 303 g/mol. The Morgan fingerprint density at radius 1 is 1.52 bits per heavy atom. The molecule has 1 aromatic carbocycles. The van der Waals surface area contributed by atoms with Gasteiger partial charge in [-0.2, -0.15) is 0 Å². The van der Waals surface area contributed by atoms with Crippen LogP contribution in [0.1, 0.15) is 16.1 Å². The lowest BCUT2D eigenvalue weighted by Crippen LogP contribution is -2.22. The smallest absolute Gasteiger partial charge is 0.230 e. The van der Waals surface area contributed by atoms with Crippen LogP contribution >= 0.6 is 11.3 Å². The standard InChI is InChI=1S/C15H17N3O2S/c1-20-11-4-2-3-10(7-11)8-14(19)18-15-17-12-5-6-16-9-13(12)21-15/h2-4,7,16H,5-6,8-9H2,1H3,(H,17,18,19). The summed E-state index contributed by atoms with van der Waals surface area (Å²) >= 11 is 1.55. The number of hydrogen-bond donors (Lipinski definition) is 2. The van der Waals surface area contributed by atoms with Gasteiger partial charge in [0.25, 0.3) is 0 Å². The normalized spacial score (nSPS) is 13.6. The van der Waals surface area contributed by atoms with Crippen molar-refractivity contribution in [1.29, 1.82) is 0 Å². The van der Waals surface area contributed by atoms with Crippen LogP contribution in [0.5, 0.6) is 5.75 Å². The zero-order valence-corrected chi connectivity index (χ0v) is 12.6. The van der Waals surface area contributed by atoms with Crippen LogP contribution in [0, 0.1) is 0 Å². The third-order valence-corrected chi connectivity index (χ3v) is 4.36. The fraction of sp³-hybridized carbons (Fsp3) is 0.333. The molecule has 1 aromatic heterocycles. The molecule has 1 aliphatic rings. The van der Waals surface area contributed by atoms with Gasteiger partial charge in [0.05, 0.1) is 19.2 Å². The summed E-state index contributed by atoms with van der Waals surface area (Å²) in [6, 6.07) is 7.54. The van der Waals surface area contributed by atoms with E-state index in [4.69, 9.17) is 4.74 Å². The van der Waals surface area contributed by atoms with E-state index in [2.05, 4.69) is 15.6 Å². The molecule has 5 nitrogen and oxygen atoms in total. The van der Waals surface area contributed by atoms with Gasteiger partial charge in [-0.25, -0.2) is 4.98 Å². The maximum Gasteiger partial charge on any atom is 0.230 e. The minimum absolute atomic E-state index is 0.0534. The number of methoxy groups -OCH3 is 1. The highest BCUT2D eigenvalue weighted by Crippen LogP contribution is 2.25. The Morgan fingerprint density at radius 2 is 2.43 bits per heavy atom. The summed E-state index contributed by atoms with van der Waals surface area (Å²) in [5.41, 5.74) is 2.03. The Morgan fingerprint density at radius 3 is 3.24 bits per heavy atom. The average molecular weight is 303 g/mol. The van der Waals surface area contributed by atoms with Gasteiger partial charge >= 0.3 is 0 Å². The molecule has 0 spiro atoms. The largest absolute Gasteiger partial charge is 0.497 e. The van der Waals surface area contributed by atoms with Gasteiger partial charge in [-0.05, 0) is 17.7 Å². The van der Waals surface area contributed by atoms with Crippen LogP contribution in [0.25, 0.3) is 0 Å². The van der Waals surface area contributed by atoms with E-state index >= 15 is 0 Å². The van der Waals surface area contributed by atoms with E-state index in [0.717, 1.165) is 36.5 Å². The predicted molar refractivity (Wildman–Crippen MR) is 82.9 cm³/mol. The molecule has 2 N–H and O–H groups in total. The number of hydrogen-bond acceptors (Lipinski definition) is 5. The van der Waals surface area contributed by atoms with E-state index in [1.165, 1.54) is 4.88 Å². The number of anilines is 1. The van der Waals surface area contributed by atoms with Crippen LogP contribution in [-0.4, -0.2) is 24.5 Å². The van der Waals surface area contributed by atoms with Crippen molar-refractivity contribution in [3.8, 4) is 5.75 Å². The maximum atomic E-state index is 12.1. The summed E-state index contributed by atoms with van der Waals surface area (Å²) in [6.07, 6.45) is 1.25. The fourth-order valence-electron chi connectivity index (χ4n) is 2.31. The molecule has 0 fully saturated rings. The number of thiazole rings is 1. The summed E-state index contributed by atoms with van der Waals surface area (Å²) in [5.74, 6) is 0.707. The quantitative estimate of drug-likeness (QED) is 0.906. The first-order valence-corrected chi connectivity index (χ1v) is 7.68. The van der Waals surface area contributed by atoms with Crippen LogP contribution in [0.2, 0.25) is 0 Å². The Kier molecular flexibility index (Phi) is 4.17. The third-order valence-electron chi connectivity index (χ3n) is 3.35. The number of benzene rings is 1. The van der Waals surface area contributed by atoms with E-state index in [0.29, 0.717) is 11.6 Å². The van der Waals surface area contributed by atoms with Crippen molar-refractivity contribution in [3.63, 3.8) is 0 Å². The summed E-state index contributed by atoms with van der Waals surface area (Å²) < 4.78 is 5.16. The zero-order chi connectivity index (χ0) is 14.7. The highest BCUT2D eigenvalue weighted by atomic mass is 32.1. The van der Waals surface area contributed by atoms with E-state index in [1.54, 1.807) is 18.4 Å². The van der Waals surface area contributed by atoms with Crippen LogP contribution in [0.3, 0.4) is 0 Å². The molecule has 2 heterocycles. The molecule has 0 unspecified atom stereocenters. The molecule has 110 valence electrons. The van der Waals surface area contributed by atoms with Gasteiger partial charge in [-0.15, -0.1) is 11.3 Å². The lowest BCUT2D eigenvalue weighted by atomic mass is 10.1. The number of carbonyl (C=O) groups excluding carboxylic acids is 1. The lowest BCUT2D eigenvalue weighted by Gasteiger charge is -2.09. The fourth-order valence-corrected chi connectivity index (χ4v) is 3.30. The number of nitrogens with one attached hydrogen (secondary N) is 2. The molecular weight excluding hydrogens is 286 g/mol. The third kappa shape index (κ3) is 3.40. The molecule has 1 aliphatic heterocycles. The van der Waals surface area contributed by atoms with Crippen molar-refractivity contribution in [1.82, 2.24) is 10.3 Å². The molecule has 0 atom stereocenters. The topological polar surface area (TPSA) is 63.2 Å². The van der Waals surface area contributed by atoms with Gasteiger partial charge in [0, 0.05) is 24.4 Å². The zero-order valence-electron chi connectivity index (χ0n) is 11.8. The SMILES string of the molecule is COc1cccc(CC(=O)Nc2nc3c(s2)CNCC3)c1. The number of rotatable bonds is 4. The summed E-state index contributed by atoms with van der Waals surface area (Å²) in [4.78, 5) is 17.8. The number of amides is 1. The van der Waals surface area contributed by atoms with E-state index in [1.807, 2.05) is 24.3 Å². The van der Waals surface area contributed by atoms with Gasteiger partial charge in [0.2, 0.25) is 5.91 Å². The molecule has 0 saturated heterocycles. The Hall–Kier alpha value is -1.92. The van der Waals surface area contributed by atoms with E-state index in [-0.39, 0.29) is 5.91 Å². The second-order valence-corrected chi connectivity index (χ2v) is 5.98. The van der Waals surface area contributed by atoms with Crippen LogP contribution in [0.4, 0.5) is 5.13 Å². The Labute approximate surface area is 127 Å². The predicted octanol–water partition coefficient (Wildman–Crippen LogP) is 1.98. The van der Waals surface area contributed by atoms with Crippen molar-refractivity contribution in [3.05, 3.63) is 40.4 Å². The second kappa shape index (κ2) is 6.24. The van der Waals surface area contributed by atoms with Crippen molar-refractivity contribution in [2.45, 2.75) is 19.4 Å². The maximum absolute atomic E-state index is 12.1. The summed E-state index contributed by atoms with van der Waals surface area (Å²) in [6.45, 7) is 1.80. The van der Waals surface area contributed by atoms with Gasteiger partial charge in [-0.3, -0.25) is 4.79 Å². The minimum atomic E-state index is -0.0534. The lowest BCUT2D eigenvalue weighted by molar-refractivity contribution is -0.115. The van der Waals surface area contributed by atoms with Crippen LogP contribution in [0.15, 0.2) is 24.3 Å². The van der Waals surface area contributed by atoms with E-state index < -0.39 is 0 Å². The van der Waals surface area contributed by atoms with Crippen molar-refractivity contribution >= 4 is 22.4 Å². The summed E-state index contributed by atoms with van der Waals surface area (Å²) in [5, 5.41) is 6.88. The Balaban J connectivity index is 1.64. The number of nitrogens with zero attached hydrogens (tertiary/aromatic N) is 1. The molecular formula is C15H17N3O2S. The van der Waals surface area contributed by atoms with Crippen molar-refractivity contribution in [2.24, 2.45) is 0 Å². The summed E-state index contributed by atoms with van der Waals surface area (Å²) in [7, 11) is 1.62. The van der Waals surface area contributed by atoms with Crippen molar-refractivity contribution < 1.29 is 9.53 Å². The van der Waals surface area contributed by atoms with Gasteiger partial charge in [-0.1, -0.05) is 12.1 Å². The highest BCUT2D eigenvalue weighted by molar-refractivity contribution is 7.15. The molecule has 0 bridgehead atoms. The number of carbonyl (C=O) groups is 1. The first-order chi connectivity index (χ1) is 10.2. The van der Waals surface area contributed by atoms with Crippen molar-refractivity contribution in [2.75, 3.05) is 19.0 Å². The first kappa shape index (κ1) is 14.0. The van der Waals surface area contributed by atoms with Crippen LogP contribution < -0.4 is 15.4 Å². The number of fused-ring (bicyclic) bond motifs is 1. The van der Waals surface area contributed by atoms with Gasteiger partial charge in [0.1, 0.15) is 5.75 Å². The van der Waals surface area contributed by atoms with E-state index in [9.17, 15) is 4.79 Å². The molecule has 0 saturated carbocycles. The molecule has 6 heteroatoms. The molecule has 21 heavy (non-hydrogen) atoms. The molecule has 0 aliphatic carbocycles. The average Bonchev–Trinajstić information content (AvgIpc) is 2.89. The Bertz CT molecular complexity index is 631. The molecule has 0 radical (unpaired) electrons. The van der Waals surface area contributed by atoms with Crippen LogP contribution in [-0.2, 0) is 24.2 Å². The molecule has 2 aromatic rings. The minimum Gasteiger partial charge on any atom is -0.497 e. The molecule has 3 rings (SSSR count). The molecule has 1 amide bonds.